The summed E-state index contributed by atoms with van der Waals surface area (Å²) in [6.07, 6.45) is -0.216. The highest BCUT2D eigenvalue weighted by atomic mass is 31.1. The van der Waals surface area contributed by atoms with Crippen molar-refractivity contribution in [2.75, 3.05) is 20.6 Å². The molecule has 0 bridgehead atoms. The Labute approximate surface area is 261 Å². The fourth-order valence-electron chi connectivity index (χ4n) is 5.35. The van der Waals surface area contributed by atoms with E-state index in [1.54, 1.807) is 0 Å². The number of rotatable bonds is 5. The third-order valence-corrected chi connectivity index (χ3v) is 9.15. The van der Waals surface area contributed by atoms with E-state index >= 15 is 0 Å². The summed E-state index contributed by atoms with van der Waals surface area (Å²) in [7, 11) is 2.35. The Bertz CT molecular complexity index is 1530. The maximum absolute atomic E-state index is 6.99. The predicted octanol–water partition coefficient (Wildman–Crippen LogP) is 11.2. The molecule has 0 amide bonds. The fourth-order valence-corrected chi connectivity index (χ4v) is 6.56. The summed E-state index contributed by atoms with van der Waals surface area (Å²) < 4.78 is 20.9. The van der Waals surface area contributed by atoms with Gasteiger partial charge in [-0.05, 0) is 64.6 Å². The van der Waals surface area contributed by atoms with Crippen molar-refractivity contribution in [3.63, 3.8) is 0 Å². The summed E-state index contributed by atoms with van der Waals surface area (Å²) in [6.45, 7) is 28.0. The first-order chi connectivity index (χ1) is 19.7. The largest absolute Gasteiger partial charge is 0.399 e. The molecule has 0 fully saturated rings. The molecule has 4 rings (SSSR count). The van der Waals surface area contributed by atoms with Crippen molar-refractivity contribution in [3.05, 3.63) is 82.4 Å². The number of fused-ring (bicyclic) bond motifs is 3. The molecule has 4 aromatic rings. The van der Waals surface area contributed by atoms with E-state index in [1.807, 2.05) is 6.07 Å². The summed E-state index contributed by atoms with van der Waals surface area (Å²) in [6, 6.07) is 19.7. The van der Waals surface area contributed by atoms with Gasteiger partial charge in [0.2, 0.25) is 0 Å². The molecule has 3 aromatic carbocycles. The van der Waals surface area contributed by atoms with Gasteiger partial charge in [0.25, 0.3) is 0 Å². The van der Waals surface area contributed by atoms with Crippen LogP contribution in [-0.2, 0) is 21.7 Å². The van der Waals surface area contributed by atoms with Crippen molar-refractivity contribution < 1.29 is 12.9 Å². The van der Waals surface area contributed by atoms with Crippen LogP contribution < -0.4 is 4.52 Å². The topological polar surface area (TPSA) is 38.8 Å². The molecule has 0 saturated carbocycles. The van der Waals surface area contributed by atoms with E-state index in [4.69, 9.17) is 12.9 Å². The van der Waals surface area contributed by atoms with Crippen LogP contribution in [0.25, 0.3) is 21.9 Å². The average Bonchev–Trinajstić information content (AvgIpc) is 3.01. The lowest BCUT2D eigenvalue weighted by Crippen LogP contribution is -2.23. The minimum absolute atomic E-state index is 0.0395. The number of benzene rings is 3. The smallest absolute Gasteiger partial charge is 0.388 e. The van der Waals surface area contributed by atoms with Gasteiger partial charge in [0.1, 0.15) is 17.3 Å². The first-order valence-corrected chi connectivity index (χ1v) is 16.7. The lowest BCUT2D eigenvalue weighted by atomic mass is 9.77. The van der Waals surface area contributed by atoms with E-state index < -0.39 is 8.24 Å². The van der Waals surface area contributed by atoms with Gasteiger partial charge in [-0.3, -0.25) is 4.52 Å². The second kappa shape index (κ2) is 11.8. The van der Waals surface area contributed by atoms with Crippen molar-refractivity contribution in [2.45, 2.75) is 111 Å². The van der Waals surface area contributed by atoms with Crippen LogP contribution in [0.4, 0.5) is 0 Å². The van der Waals surface area contributed by atoms with Crippen LogP contribution in [0.15, 0.2) is 63.0 Å². The standard InChI is InChI=1S/C38H54NO3P/c1-35(2,3)26-20-28-29-21-27(36(4,5)6)23-31(38(10,11)12)34(29)42-43(41-33(28)30(22-26)37(7,8)9)40-32(24-39(13)14)25-18-16-15-17-19-25/h15-23,32H,24H2,1-14H3/t32-/m0/s1. The third kappa shape index (κ3) is 7.59. The lowest BCUT2D eigenvalue weighted by molar-refractivity contribution is 0.205. The van der Waals surface area contributed by atoms with E-state index in [1.165, 1.54) is 22.3 Å². The number of likely N-dealkylation sites (N-methyl/N-ethyl adjacent to an activating group) is 1. The molecule has 0 aliphatic heterocycles. The first kappa shape index (κ1) is 33.4. The molecule has 43 heavy (non-hydrogen) atoms. The van der Waals surface area contributed by atoms with Gasteiger partial charge < -0.3 is 13.3 Å². The fraction of sp³-hybridized carbons (Fsp3) is 0.526. The van der Waals surface area contributed by atoms with Gasteiger partial charge in [-0.1, -0.05) is 126 Å². The maximum atomic E-state index is 6.99. The molecule has 4 nitrogen and oxygen atoms in total. The Balaban J connectivity index is 2.24. The number of hydrogen-bond donors (Lipinski definition) is 0. The SMILES string of the molecule is CN(C)C[C@H](Op1oc2c(C(C)(C)C)cc(C(C)(C)C)cc2c2cc(C(C)(C)C)cc(C(C)(C)C)c2o1)c1ccccc1. The zero-order valence-corrected chi connectivity index (χ0v) is 30.0. The third-order valence-electron chi connectivity index (χ3n) is 8.06. The van der Waals surface area contributed by atoms with Crippen LogP contribution in [0.3, 0.4) is 0 Å². The van der Waals surface area contributed by atoms with E-state index in [-0.39, 0.29) is 27.8 Å². The van der Waals surface area contributed by atoms with E-state index in [2.05, 4.69) is 151 Å². The van der Waals surface area contributed by atoms with Crippen LogP contribution >= 0.6 is 8.24 Å². The van der Waals surface area contributed by atoms with Gasteiger partial charge in [0.15, 0.2) is 0 Å². The summed E-state index contributed by atoms with van der Waals surface area (Å²) in [5.41, 5.74) is 7.35. The molecule has 1 aromatic heterocycles. The van der Waals surface area contributed by atoms with Gasteiger partial charge in [-0.2, -0.15) is 0 Å². The lowest BCUT2D eigenvalue weighted by Gasteiger charge is -2.27. The van der Waals surface area contributed by atoms with Crippen molar-refractivity contribution >= 4 is 30.2 Å². The summed E-state index contributed by atoms with van der Waals surface area (Å²) in [5, 5.41) is 2.17. The molecule has 5 heteroatoms. The molecule has 0 spiro atoms. The highest BCUT2D eigenvalue weighted by Gasteiger charge is 2.29. The molecular formula is C38H54NO3P. The zero-order valence-electron chi connectivity index (χ0n) is 29.1. The monoisotopic (exact) mass is 603 g/mol. The molecule has 1 heterocycles. The zero-order chi connectivity index (χ0) is 32.1. The molecule has 0 unspecified atom stereocenters. The molecule has 0 N–H and O–H groups in total. The van der Waals surface area contributed by atoms with Crippen LogP contribution in [0.2, 0.25) is 0 Å². The van der Waals surface area contributed by atoms with Crippen molar-refractivity contribution in [1.82, 2.24) is 4.90 Å². The second-order valence-electron chi connectivity index (χ2n) is 16.5. The highest BCUT2D eigenvalue weighted by Crippen LogP contribution is 2.46. The predicted molar refractivity (Wildman–Crippen MR) is 185 cm³/mol. The second-order valence-corrected chi connectivity index (χ2v) is 17.5. The molecule has 0 aliphatic carbocycles. The normalized spacial score (nSPS) is 14.1. The van der Waals surface area contributed by atoms with Crippen LogP contribution in [0.1, 0.15) is 117 Å². The Hall–Kier alpha value is -2.52. The summed E-state index contributed by atoms with van der Waals surface area (Å²) in [5.74, 6) is 0. The molecule has 0 saturated heterocycles. The van der Waals surface area contributed by atoms with Crippen LogP contribution in [0, 0.1) is 0 Å². The average molecular weight is 604 g/mol. The van der Waals surface area contributed by atoms with E-state index in [0.717, 1.165) is 27.5 Å². The van der Waals surface area contributed by atoms with Gasteiger partial charge in [0, 0.05) is 28.4 Å². The Morgan fingerprint density at radius 3 is 1.40 bits per heavy atom. The summed E-state index contributed by atoms with van der Waals surface area (Å²) >= 11 is 0. The molecular weight excluding hydrogens is 549 g/mol. The number of nitrogens with zero attached hydrogens (tertiary/aromatic N) is 1. The first-order valence-electron chi connectivity index (χ1n) is 15.6. The Morgan fingerprint density at radius 2 is 1.05 bits per heavy atom. The molecule has 0 aliphatic rings. The van der Waals surface area contributed by atoms with E-state index in [9.17, 15) is 0 Å². The van der Waals surface area contributed by atoms with Crippen molar-refractivity contribution in [1.29, 1.82) is 0 Å². The van der Waals surface area contributed by atoms with Gasteiger partial charge in [0.05, 0.1) is 0 Å². The Kier molecular flexibility index (Phi) is 9.13. The quantitative estimate of drug-likeness (QED) is 0.227. The maximum Gasteiger partial charge on any atom is 0.388 e. The van der Waals surface area contributed by atoms with Crippen molar-refractivity contribution in [2.24, 2.45) is 0 Å². The Morgan fingerprint density at radius 1 is 0.628 bits per heavy atom. The van der Waals surface area contributed by atoms with E-state index in [0.29, 0.717) is 6.54 Å². The minimum atomic E-state index is -1.79. The molecule has 1 atom stereocenters. The van der Waals surface area contributed by atoms with Gasteiger partial charge >= 0.3 is 8.24 Å². The van der Waals surface area contributed by atoms with Gasteiger partial charge in [-0.25, -0.2) is 0 Å². The van der Waals surface area contributed by atoms with Crippen LogP contribution in [-0.4, -0.2) is 25.5 Å². The number of hydrogen-bond acceptors (Lipinski definition) is 4. The van der Waals surface area contributed by atoms with Crippen molar-refractivity contribution in [3.8, 4) is 0 Å². The highest BCUT2D eigenvalue weighted by molar-refractivity contribution is 7.31. The molecule has 0 radical (unpaired) electrons. The van der Waals surface area contributed by atoms with Crippen LogP contribution in [0.5, 0.6) is 0 Å². The molecule has 234 valence electrons. The van der Waals surface area contributed by atoms with Gasteiger partial charge in [-0.15, -0.1) is 0 Å². The minimum Gasteiger partial charge on any atom is -0.399 e. The summed E-state index contributed by atoms with van der Waals surface area (Å²) in [4.78, 5) is 2.15.